The highest BCUT2D eigenvalue weighted by molar-refractivity contribution is 9.10. The lowest BCUT2D eigenvalue weighted by molar-refractivity contribution is 0.210. The zero-order valence-electron chi connectivity index (χ0n) is 9.79. The first-order valence-corrected chi connectivity index (χ1v) is 7.75. The van der Waals surface area contributed by atoms with E-state index in [0.717, 1.165) is 25.9 Å². The van der Waals surface area contributed by atoms with Crippen LogP contribution in [0.25, 0.3) is 0 Å². The van der Waals surface area contributed by atoms with E-state index in [0.29, 0.717) is 11.6 Å². The molecule has 2 aromatic carbocycles. The number of halogens is 3. The quantitative estimate of drug-likeness (QED) is 0.687. The minimum Gasteiger partial charge on any atom is -0.482 e. The summed E-state index contributed by atoms with van der Waals surface area (Å²) in [7, 11) is 0. The van der Waals surface area contributed by atoms with Crippen LogP contribution in [0.1, 0.15) is 11.7 Å². The number of ether oxygens (including phenoxy) is 1. The van der Waals surface area contributed by atoms with Crippen molar-refractivity contribution in [1.29, 1.82) is 0 Å². The molecule has 0 aliphatic carbocycles. The average molecular weight is 404 g/mol. The van der Waals surface area contributed by atoms with Gasteiger partial charge in [-0.15, -0.1) is 0 Å². The minimum atomic E-state index is -0.0747. The van der Waals surface area contributed by atoms with Crippen LogP contribution in [0.2, 0.25) is 5.02 Å². The summed E-state index contributed by atoms with van der Waals surface area (Å²) in [6.45, 7) is 0.699. The molecule has 1 atom stereocenters. The third kappa shape index (κ3) is 2.76. The number of hydrogen-bond acceptors (Lipinski definition) is 2. The highest BCUT2D eigenvalue weighted by Gasteiger charge is 2.22. The van der Waals surface area contributed by atoms with Gasteiger partial charge in [-0.3, -0.25) is 0 Å². The van der Waals surface area contributed by atoms with Crippen LogP contribution in [0.5, 0.6) is 5.75 Å². The lowest BCUT2D eigenvalue weighted by atomic mass is 10.1. The molecule has 98 valence electrons. The van der Waals surface area contributed by atoms with Crippen molar-refractivity contribution >= 4 is 49.1 Å². The van der Waals surface area contributed by atoms with Crippen LogP contribution in [0.3, 0.4) is 0 Å². The number of hydrogen-bond donors (Lipinski definition) is 1. The van der Waals surface area contributed by atoms with Crippen LogP contribution in [-0.2, 0) is 0 Å². The van der Waals surface area contributed by atoms with Crippen molar-refractivity contribution in [1.82, 2.24) is 0 Å². The monoisotopic (exact) mass is 401 g/mol. The molecule has 0 aromatic heterocycles. The topological polar surface area (TPSA) is 21.3 Å². The van der Waals surface area contributed by atoms with Gasteiger partial charge in [-0.2, -0.15) is 0 Å². The average Bonchev–Trinajstić information content (AvgIpc) is 2.38. The molecule has 3 rings (SSSR count). The third-order valence-corrected chi connectivity index (χ3v) is 4.31. The van der Waals surface area contributed by atoms with Crippen molar-refractivity contribution in [3.63, 3.8) is 0 Å². The maximum Gasteiger partial charge on any atom is 0.143 e. The van der Waals surface area contributed by atoms with Gasteiger partial charge in [0.1, 0.15) is 11.9 Å². The van der Waals surface area contributed by atoms with Gasteiger partial charge in [0.05, 0.1) is 12.2 Å². The molecule has 2 nitrogen and oxygen atoms in total. The van der Waals surface area contributed by atoms with Crippen molar-refractivity contribution in [2.24, 2.45) is 0 Å². The molecule has 1 N–H and O–H groups in total. The van der Waals surface area contributed by atoms with Gasteiger partial charge in [0.2, 0.25) is 0 Å². The first-order valence-electron chi connectivity index (χ1n) is 5.78. The SMILES string of the molecule is Clc1cc(Br)ccc1C1CNc2cc(Br)ccc2O1. The molecule has 1 aliphatic heterocycles. The summed E-state index contributed by atoms with van der Waals surface area (Å²) in [6, 6.07) is 11.8. The zero-order chi connectivity index (χ0) is 13.4. The molecular formula is C14H10Br2ClNO. The maximum atomic E-state index is 6.27. The zero-order valence-corrected chi connectivity index (χ0v) is 13.7. The Morgan fingerprint density at radius 2 is 1.84 bits per heavy atom. The molecule has 19 heavy (non-hydrogen) atoms. The second kappa shape index (κ2) is 5.35. The largest absolute Gasteiger partial charge is 0.482 e. The predicted octanol–water partition coefficient (Wildman–Crippen LogP) is 5.41. The first-order chi connectivity index (χ1) is 9.13. The van der Waals surface area contributed by atoms with E-state index in [9.17, 15) is 0 Å². The normalized spacial score (nSPS) is 17.3. The molecule has 0 saturated carbocycles. The van der Waals surface area contributed by atoms with E-state index in [-0.39, 0.29) is 6.10 Å². The Morgan fingerprint density at radius 1 is 1.11 bits per heavy atom. The van der Waals surface area contributed by atoms with Crippen LogP contribution in [0.4, 0.5) is 5.69 Å². The lowest BCUT2D eigenvalue weighted by Gasteiger charge is -2.28. The number of anilines is 1. The molecule has 0 amide bonds. The summed E-state index contributed by atoms with van der Waals surface area (Å²) >= 11 is 13.1. The van der Waals surface area contributed by atoms with Gasteiger partial charge in [0.15, 0.2) is 0 Å². The molecule has 0 spiro atoms. The summed E-state index contributed by atoms with van der Waals surface area (Å²) in [6.07, 6.45) is -0.0747. The van der Waals surface area contributed by atoms with Crippen molar-refractivity contribution in [3.05, 3.63) is 55.9 Å². The highest BCUT2D eigenvalue weighted by Crippen LogP contribution is 2.38. The molecular weight excluding hydrogens is 393 g/mol. The Kier molecular flexibility index (Phi) is 3.74. The summed E-state index contributed by atoms with van der Waals surface area (Å²) in [4.78, 5) is 0. The predicted molar refractivity (Wildman–Crippen MR) is 85.2 cm³/mol. The molecule has 2 aromatic rings. The van der Waals surface area contributed by atoms with Gasteiger partial charge in [0.25, 0.3) is 0 Å². The fourth-order valence-corrected chi connectivity index (χ4v) is 3.23. The van der Waals surface area contributed by atoms with Crippen LogP contribution in [0, 0.1) is 0 Å². The summed E-state index contributed by atoms with van der Waals surface area (Å²) in [5, 5.41) is 4.08. The molecule has 5 heteroatoms. The van der Waals surface area contributed by atoms with E-state index in [4.69, 9.17) is 16.3 Å². The number of rotatable bonds is 1. The van der Waals surface area contributed by atoms with Crippen molar-refractivity contribution in [2.75, 3.05) is 11.9 Å². The lowest BCUT2D eigenvalue weighted by Crippen LogP contribution is -2.23. The Hall–Kier alpha value is -0.710. The van der Waals surface area contributed by atoms with Crippen molar-refractivity contribution in [2.45, 2.75) is 6.10 Å². The van der Waals surface area contributed by atoms with Gasteiger partial charge in [0, 0.05) is 19.5 Å². The van der Waals surface area contributed by atoms with Crippen molar-refractivity contribution in [3.8, 4) is 5.75 Å². The number of nitrogens with one attached hydrogen (secondary N) is 1. The molecule has 0 bridgehead atoms. The van der Waals surface area contributed by atoms with E-state index >= 15 is 0 Å². The number of fused-ring (bicyclic) bond motifs is 1. The second-order valence-corrected chi connectivity index (χ2v) is 6.53. The van der Waals surface area contributed by atoms with E-state index in [1.54, 1.807) is 0 Å². The molecule has 1 heterocycles. The molecule has 0 saturated heterocycles. The van der Waals surface area contributed by atoms with Crippen LogP contribution >= 0.6 is 43.5 Å². The molecule has 0 fully saturated rings. The van der Waals surface area contributed by atoms with Crippen LogP contribution < -0.4 is 10.1 Å². The van der Waals surface area contributed by atoms with E-state index in [1.165, 1.54) is 0 Å². The van der Waals surface area contributed by atoms with Gasteiger partial charge in [-0.1, -0.05) is 49.5 Å². The summed E-state index contributed by atoms with van der Waals surface area (Å²) < 4.78 is 8.01. The third-order valence-electron chi connectivity index (χ3n) is 3.00. The summed E-state index contributed by atoms with van der Waals surface area (Å²) in [5.41, 5.74) is 1.99. The van der Waals surface area contributed by atoms with Gasteiger partial charge in [-0.25, -0.2) is 0 Å². The van der Waals surface area contributed by atoms with Gasteiger partial charge in [-0.05, 0) is 30.3 Å². The smallest absolute Gasteiger partial charge is 0.143 e. The van der Waals surface area contributed by atoms with Crippen molar-refractivity contribution < 1.29 is 4.74 Å². The Labute approximate surface area is 133 Å². The first kappa shape index (κ1) is 13.3. The van der Waals surface area contributed by atoms with Gasteiger partial charge >= 0.3 is 0 Å². The molecule has 1 unspecified atom stereocenters. The summed E-state index contributed by atoms with van der Waals surface area (Å²) in [5.74, 6) is 0.846. The minimum absolute atomic E-state index is 0.0747. The Morgan fingerprint density at radius 3 is 2.63 bits per heavy atom. The molecule has 0 radical (unpaired) electrons. The molecule has 1 aliphatic rings. The second-order valence-electron chi connectivity index (χ2n) is 4.29. The van der Waals surface area contributed by atoms with E-state index in [2.05, 4.69) is 37.2 Å². The Balaban J connectivity index is 1.91. The highest BCUT2D eigenvalue weighted by atomic mass is 79.9. The van der Waals surface area contributed by atoms with Gasteiger partial charge < -0.3 is 10.1 Å². The van der Waals surface area contributed by atoms with Crippen LogP contribution in [-0.4, -0.2) is 6.54 Å². The van der Waals surface area contributed by atoms with Crippen LogP contribution in [0.15, 0.2) is 45.3 Å². The Bertz CT molecular complexity index is 633. The standard InChI is InChI=1S/C14H10Br2ClNO/c15-8-1-3-10(11(17)5-8)14-7-18-12-6-9(16)2-4-13(12)19-14/h1-6,14,18H,7H2. The van der Waals surface area contributed by atoms with E-state index in [1.807, 2.05) is 36.4 Å². The maximum absolute atomic E-state index is 6.27. The number of benzene rings is 2. The fourth-order valence-electron chi connectivity index (χ4n) is 2.08. The fraction of sp³-hybridized carbons (Fsp3) is 0.143. The van der Waals surface area contributed by atoms with E-state index < -0.39 is 0 Å².